The third-order valence-corrected chi connectivity index (χ3v) is 3.14. The van der Waals surface area contributed by atoms with Crippen molar-refractivity contribution >= 4 is 5.91 Å². The molecule has 1 aromatic carbocycles. The summed E-state index contributed by atoms with van der Waals surface area (Å²) >= 11 is 0. The lowest BCUT2D eigenvalue weighted by Gasteiger charge is -2.24. The first-order valence-electron chi connectivity index (χ1n) is 5.81. The van der Waals surface area contributed by atoms with Gasteiger partial charge in [-0.3, -0.25) is 4.79 Å². The van der Waals surface area contributed by atoms with E-state index in [4.69, 9.17) is 4.74 Å². The second-order valence-corrected chi connectivity index (χ2v) is 4.64. The second kappa shape index (κ2) is 4.75. The molecular formula is C13H18N2O2. The van der Waals surface area contributed by atoms with E-state index in [0.717, 1.165) is 19.5 Å². The molecule has 2 rings (SSSR count). The summed E-state index contributed by atoms with van der Waals surface area (Å²) in [5.74, 6) is 0.535. The van der Waals surface area contributed by atoms with E-state index in [1.165, 1.54) is 0 Å². The number of amides is 1. The maximum Gasteiger partial charge on any atom is 0.255 e. The molecule has 0 radical (unpaired) electrons. The molecule has 17 heavy (non-hydrogen) atoms. The van der Waals surface area contributed by atoms with Gasteiger partial charge in [-0.05, 0) is 32.0 Å². The molecule has 1 aliphatic rings. The number of para-hydroxylation sites is 1. The van der Waals surface area contributed by atoms with E-state index in [2.05, 4.69) is 17.6 Å². The van der Waals surface area contributed by atoms with Crippen LogP contribution in [0.4, 0.5) is 0 Å². The van der Waals surface area contributed by atoms with Gasteiger partial charge < -0.3 is 15.4 Å². The average Bonchev–Trinajstić information content (AvgIpc) is 2.75. The van der Waals surface area contributed by atoms with Gasteiger partial charge in [-0.25, -0.2) is 0 Å². The van der Waals surface area contributed by atoms with Gasteiger partial charge in [-0.1, -0.05) is 12.1 Å². The Kier molecular flexibility index (Phi) is 3.33. The van der Waals surface area contributed by atoms with Gasteiger partial charge in [0.1, 0.15) is 5.75 Å². The third-order valence-electron chi connectivity index (χ3n) is 3.14. The molecule has 1 aromatic rings. The number of benzene rings is 1. The number of hydrogen-bond donors (Lipinski definition) is 2. The van der Waals surface area contributed by atoms with Crippen LogP contribution in [0, 0.1) is 0 Å². The van der Waals surface area contributed by atoms with Crippen molar-refractivity contribution in [3.63, 3.8) is 0 Å². The molecule has 1 saturated heterocycles. The Morgan fingerprint density at radius 2 is 2.24 bits per heavy atom. The predicted molar refractivity (Wildman–Crippen MR) is 66.4 cm³/mol. The normalized spacial score (nSPS) is 23.4. The molecule has 1 atom stereocenters. The topological polar surface area (TPSA) is 50.4 Å². The Hall–Kier alpha value is -1.55. The molecule has 0 aromatic heterocycles. The van der Waals surface area contributed by atoms with Gasteiger partial charge in [-0.15, -0.1) is 0 Å². The molecule has 0 spiro atoms. The van der Waals surface area contributed by atoms with Crippen LogP contribution >= 0.6 is 0 Å². The van der Waals surface area contributed by atoms with Gasteiger partial charge in [0.05, 0.1) is 18.2 Å². The van der Waals surface area contributed by atoms with Crippen molar-refractivity contribution in [3.8, 4) is 5.75 Å². The highest BCUT2D eigenvalue weighted by Gasteiger charge is 2.30. The van der Waals surface area contributed by atoms with Gasteiger partial charge in [0.2, 0.25) is 0 Å². The summed E-state index contributed by atoms with van der Waals surface area (Å²) < 4.78 is 5.19. The molecule has 0 bridgehead atoms. The minimum atomic E-state index is -0.155. The first kappa shape index (κ1) is 11.9. The second-order valence-electron chi connectivity index (χ2n) is 4.64. The Bertz CT molecular complexity index is 412. The number of carbonyl (C=O) groups is 1. The SMILES string of the molecule is COc1ccccc1C(=O)NC1(C)CCNC1. The standard InChI is InChI=1S/C13H18N2O2/c1-13(7-8-14-9-13)15-12(16)10-5-3-4-6-11(10)17-2/h3-6,14H,7-9H2,1-2H3,(H,15,16). The van der Waals surface area contributed by atoms with Crippen molar-refractivity contribution < 1.29 is 9.53 Å². The summed E-state index contributed by atoms with van der Waals surface area (Å²) in [5.41, 5.74) is 0.431. The summed E-state index contributed by atoms with van der Waals surface area (Å²) in [7, 11) is 1.57. The Labute approximate surface area is 101 Å². The summed E-state index contributed by atoms with van der Waals surface area (Å²) in [5, 5.41) is 6.32. The Morgan fingerprint density at radius 1 is 1.47 bits per heavy atom. The highest BCUT2D eigenvalue weighted by Crippen LogP contribution is 2.20. The highest BCUT2D eigenvalue weighted by atomic mass is 16.5. The van der Waals surface area contributed by atoms with Gasteiger partial charge in [0, 0.05) is 6.54 Å². The van der Waals surface area contributed by atoms with Crippen LogP contribution < -0.4 is 15.4 Å². The number of methoxy groups -OCH3 is 1. The predicted octanol–water partition coefficient (Wildman–Crippen LogP) is 1.18. The average molecular weight is 234 g/mol. The first-order valence-corrected chi connectivity index (χ1v) is 5.81. The molecule has 1 unspecified atom stereocenters. The van der Waals surface area contributed by atoms with Gasteiger partial charge >= 0.3 is 0 Å². The third kappa shape index (κ3) is 2.58. The molecule has 0 aliphatic carbocycles. The molecule has 1 fully saturated rings. The number of nitrogens with one attached hydrogen (secondary N) is 2. The fraction of sp³-hybridized carbons (Fsp3) is 0.462. The fourth-order valence-corrected chi connectivity index (χ4v) is 2.10. The lowest BCUT2D eigenvalue weighted by molar-refractivity contribution is 0.0910. The number of rotatable bonds is 3. The zero-order valence-corrected chi connectivity index (χ0v) is 10.2. The maximum atomic E-state index is 12.2. The quantitative estimate of drug-likeness (QED) is 0.825. The fourth-order valence-electron chi connectivity index (χ4n) is 2.10. The highest BCUT2D eigenvalue weighted by molar-refractivity contribution is 5.97. The van der Waals surface area contributed by atoms with Crippen LogP contribution in [-0.2, 0) is 0 Å². The number of carbonyl (C=O) groups excluding carboxylic acids is 1. The van der Waals surface area contributed by atoms with E-state index in [9.17, 15) is 4.79 Å². The van der Waals surface area contributed by atoms with Gasteiger partial charge in [-0.2, -0.15) is 0 Å². The van der Waals surface area contributed by atoms with E-state index in [1.807, 2.05) is 12.1 Å². The van der Waals surface area contributed by atoms with Crippen molar-refractivity contribution in [1.82, 2.24) is 10.6 Å². The molecule has 0 saturated carbocycles. The Balaban J connectivity index is 2.14. The first-order chi connectivity index (χ1) is 8.14. The molecular weight excluding hydrogens is 216 g/mol. The zero-order valence-electron chi connectivity index (χ0n) is 10.2. The minimum Gasteiger partial charge on any atom is -0.496 e. The van der Waals surface area contributed by atoms with E-state index in [-0.39, 0.29) is 11.4 Å². The van der Waals surface area contributed by atoms with Crippen molar-refractivity contribution in [3.05, 3.63) is 29.8 Å². The lowest BCUT2D eigenvalue weighted by Crippen LogP contribution is -2.47. The summed E-state index contributed by atoms with van der Waals surface area (Å²) in [6, 6.07) is 7.27. The molecule has 1 aliphatic heterocycles. The van der Waals surface area contributed by atoms with Crippen LogP contribution in [0.5, 0.6) is 5.75 Å². The van der Waals surface area contributed by atoms with Crippen LogP contribution in [0.2, 0.25) is 0 Å². The van der Waals surface area contributed by atoms with Crippen molar-refractivity contribution in [2.45, 2.75) is 18.9 Å². The van der Waals surface area contributed by atoms with Crippen LogP contribution in [0.15, 0.2) is 24.3 Å². The maximum absolute atomic E-state index is 12.2. The van der Waals surface area contributed by atoms with Crippen LogP contribution in [0.3, 0.4) is 0 Å². The van der Waals surface area contributed by atoms with E-state index in [0.29, 0.717) is 11.3 Å². The molecule has 4 nitrogen and oxygen atoms in total. The van der Waals surface area contributed by atoms with E-state index in [1.54, 1.807) is 19.2 Å². The zero-order chi connectivity index (χ0) is 12.3. The lowest BCUT2D eigenvalue weighted by atomic mass is 10.0. The molecule has 1 amide bonds. The van der Waals surface area contributed by atoms with Crippen LogP contribution in [0.1, 0.15) is 23.7 Å². The van der Waals surface area contributed by atoms with Crippen molar-refractivity contribution in [2.75, 3.05) is 20.2 Å². The van der Waals surface area contributed by atoms with Crippen molar-refractivity contribution in [1.29, 1.82) is 0 Å². The van der Waals surface area contributed by atoms with Crippen molar-refractivity contribution in [2.24, 2.45) is 0 Å². The molecule has 1 heterocycles. The summed E-state index contributed by atoms with van der Waals surface area (Å²) in [6.45, 7) is 3.82. The molecule has 2 N–H and O–H groups in total. The van der Waals surface area contributed by atoms with E-state index >= 15 is 0 Å². The monoisotopic (exact) mass is 234 g/mol. The molecule has 92 valence electrons. The number of ether oxygens (including phenoxy) is 1. The largest absolute Gasteiger partial charge is 0.496 e. The van der Waals surface area contributed by atoms with Crippen LogP contribution in [0.25, 0.3) is 0 Å². The van der Waals surface area contributed by atoms with Gasteiger partial charge in [0.15, 0.2) is 0 Å². The molecule has 4 heteroatoms. The number of hydrogen-bond acceptors (Lipinski definition) is 3. The van der Waals surface area contributed by atoms with E-state index < -0.39 is 0 Å². The summed E-state index contributed by atoms with van der Waals surface area (Å²) in [6.07, 6.45) is 0.952. The minimum absolute atomic E-state index is 0.0753. The smallest absolute Gasteiger partial charge is 0.255 e. The van der Waals surface area contributed by atoms with Crippen LogP contribution in [-0.4, -0.2) is 31.6 Å². The summed E-state index contributed by atoms with van der Waals surface area (Å²) in [4.78, 5) is 12.2. The van der Waals surface area contributed by atoms with Gasteiger partial charge in [0.25, 0.3) is 5.91 Å². The Morgan fingerprint density at radius 3 is 2.88 bits per heavy atom.